The number of unbranched alkanes of at least 4 members (excludes halogenated alkanes) is 1. The van der Waals surface area contributed by atoms with Gasteiger partial charge in [-0.3, -0.25) is 0 Å². The van der Waals surface area contributed by atoms with Crippen LogP contribution < -0.4 is 5.73 Å². The Balaban J connectivity index is 1.98. The molecule has 3 heteroatoms. The Hall–Kier alpha value is -0.240. The molecule has 0 spiro atoms. The maximum absolute atomic E-state index is 6.14. The van der Waals surface area contributed by atoms with Crippen molar-refractivity contribution in [1.29, 1.82) is 0 Å². The van der Waals surface area contributed by atoms with Gasteiger partial charge in [0.25, 0.3) is 0 Å². The second-order valence-corrected chi connectivity index (χ2v) is 7.53. The molecule has 0 saturated heterocycles. The molecule has 0 aromatic heterocycles. The number of hydrogen-bond acceptors (Lipinski definition) is 1. The summed E-state index contributed by atoms with van der Waals surface area (Å²) in [5, 5.41) is 1.28. The maximum Gasteiger partial charge on any atom is 0.0595 e. The molecular formula is C18H27Cl2N. The standard InChI is InChI=1S/C18H27Cl2N/c1-2-3-4-14-7-9-18(13-21,10-8-14)12-15-5-6-16(19)17(20)11-15/h5-6,11,14H,2-4,7-10,12-13,21H2,1H3. The maximum atomic E-state index is 6.14. The van der Waals surface area contributed by atoms with Crippen molar-refractivity contribution in [2.75, 3.05) is 6.54 Å². The lowest BCUT2D eigenvalue weighted by Crippen LogP contribution is -2.36. The number of nitrogens with two attached hydrogens (primary N) is 1. The van der Waals surface area contributed by atoms with Gasteiger partial charge in [0, 0.05) is 0 Å². The molecule has 0 aliphatic heterocycles. The molecule has 1 aliphatic carbocycles. The first-order valence-corrected chi connectivity index (χ1v) is 8.98. The lowest BCUT2D eigenvalue weighted by atomic mass is 9.67. The number of rotatable bonds is 6. The zero-order chi connectivity index (χ0) is 15.3. The van der Waals surface area contributed by atoms with Crippen molar-refractivity contribution >= 4 is 23.2 Å². The van der Waals surface area contributed by atoms with E-state index in [0.29, 0.717) is 10.0 Å². The van der Waals surface area contributed by atoms with Crippen LogP contribution in [0.1, 0.15) is 57.4 Å². The SMILES string of the molecule is CCCCC1CCC(CN)(Cc2ccc(Cl)c(Cl)c2)CC1. The van der Waals surface area contributed by atoms with Gasteiger partial charge in [0.2, 0.25) is 0 Å². The van der Waals surface area contributed by atoms with Gasteiger partial charge < -0.3 is 5.73 Å². The molecule has 1 fully saturated rings. The van der Waals surface area contributed by atoms with Crippen LogP contribution in [0.15, 0.2) is 18.2 Å². The van der Waals surface area contributed by atoms with E-state index in [1.165, 1.54) is 50.5 Å². The smallest absolute Gasteiger partial charge is 0.0595 e. The Morgan fingerprint density at radius 1 is 1.19 bits per heavy atom. The molecule has 1 saturated carbocycles. The van der Waals surface area contributed by atoms with Crippen molar-refractivity contribution in [3.8, 4) is 0 Å². The van der Waals surface area contributed by atoms with Gasteiger partial charge in [-0.1, -0.05) is 55.5 Å². The van der Waals surface area contributed by atoms with Crippen LogP contribution in [-0.4, -0.2) is 6.54 Å². The van der Waals surface area contributed by atoms with Crippen LogP contribution in [0.5, 0.6) is 0 Å². The summed E-state index contributed by atoms with van der Waals surface area (Å²) in [5.41, 5.74) is 7.67. The van der Waals surface area contributed by atoms with Crippen molar-refractivity contribution in [1.82, 2.24) is 0 Å². The summed E-state index contributed by atoms with van der Waals surface area (Å²) in [6, 6.07) is 6.00. The number of halogens is 2. The Kier molecular flexibility index (Phi) is 6.40. The molecule has 0 bridgehead atoms. The fraction of sp³-hybridized carbons (Fsp3) is 0.667. The van der Waals surface area contributed by atoms with Crippen LogP contribution in [0.4, 0.5) is 0 Å². The van der Waals surface area contributed by atoms with E-state index >= 15 is 0 Å². The predicted octanol–water partition coefficient (Wildman–Crippen LogP) is 5.86. The molecule has 1 aromatic rings. The summed E-state index contributed by atoms with van der Waals surface area (Å²) in [7, 11) is 0. The fourth-order valence-corrected chi connectivity index (χ4v) is 3.93. The first kappa shape index (κ1) is 17.1. The molecule has 1 aromatic carbocycles. The third-order valence-electron chi connectivity index (χ3n) is 5.13. The van der Waals surface area contributed by atoms with E-state index in [0.717, 1.165) is 18.9 Å². The molecule has 0 amide bonds. The van der Waals surface area contributed by atoms with Gasteiger partial charge in [0.05, 0.1) is 10.0 Å². The largest absolute Gasteiger partial charge is 0.330 e. The lowest BCUT2D eigenvalue weighted by Gasteiger charge is -2.40. The van der Waals surface area contributed by atoms with Crippen LogP contribution in [0.2, 0.25) is 10.0 Å². The van der Waals surface area contributed by atoms with Crippen molar-refractivity contribution in [3.05, 3.63) is 33.8 Å². The van der Waals surface area contributed by atoms with Gasteiger partial charge in [-0.15, -0.1) is 0 Å². The highest BCUT2D eigenvalue weighted by Gasteiger charge is 2.34. The average molecular weight is 328 g/mol. The molecule has 1 nitrogen and oxygen atoms in total. The zero-order valence-corrected chi connectivity index (χ0v) is 14.5. The van der Waals surface area contributed by atoms with E-state index < -0.39 is 0 Å². The summed E-state index contributed by atoms with van der Waals surface area (Å²) < 4.78 is 0. The summed E-state index contributed by atoms with van der Waals surface area (Å²) in [6.45, 7) is 3.05. The second kappa shape index (κ2) is 7.85. The quantitative estimate of drug-likeness (QED) is 0.695. The van der Waals surface area contributed by atoms with E-state index in [4.69, 9.17) is 28.9 Å². The molecule has 0 radical (unpaired) electrons. The van der Waals surface area contributed by atoms with Gasteiger partial charge in [-0.2, -0.15) is 0 Å². The van der Waals surface area contributed by atoms with Gasteiger partial charge >= 0.3 is 0 Å². The van der Waals surface area contributed by atoms with Crippen LogP contribution in [0.25, 0.3) is 0 Å². The molecule has 21 heavy (non-hydrogen) atoms. The van der Waals surface area contributed by atoms with Crippen LogP contribution in [0.3, 0.4) is 0 Å². The van der Waals surface area contributed by atoms with Gasteiger partial charge in [0.1, 0.15) is 0 Å². The van der Waals surface area contributed by atoms with E-state index in [-0.39, 0.29) is 5.41 Å². The van der Waals surface area contributed by atoms with Crippen molar-refractivity contribution in [3.63, 3.8) is 0 Å². The molecule has 0 atom stereocenters. The minimum atomic E-state index is 0.264. The fourth-order valence-electron chi connectivity index (χ4n) is 3.61. The Bertz CT molecular complexity index is 451. The third-order valence-corrected chi connectivity index (χ3v) is 5.87. The number of benzene rings is 1. The van der Waals surface area contributed by atoms with E-state index in [2.05, 4.69) is 13.0 Å². The summed E-state index contributed by atoms with van der Waals surface area (Å²) in [4.78, 5) is 0. The van der Waals surface area contributed by atoms with Gasteiger partial charge in [0.15, 0.2) is 0 Å². The van der Waals surface area contributed by atoms with E-state index in [9.17, 15) is 0 Å². The Labute approximate surface area is 139 Å². The Morgan fingerprint density at radius 2 is 1.90 bits per heavy atom. The Morgan fingerprint density at radius 3 is 2.48 bits per heavy atom. The van der Waals surface area contributed by atoms with Crippen molar-refractivity contribution < 1.29 is 0 Å². The average Bonchev–Trinajstić information content (AvgIpc) is 2.50. The molecule has 0 unspecified atom stereocenters. The van der Waals surface area contributed by atoms with Crippen molar-refractivity contribution in [2.45, 2.75) is 58.3 Å². The van der Waals surface area contributed by atoms with E-state index in [1.54, 1.807) is 0 Å². The molecule has 2 rings (SSSR count). The van der Waals surface area contributed by atoms with Crippen molar-refractivity contribution in [2.24, 2.45) is 17.1 Å². The minimum absolute atomic E-state index is 0.264. The molecule has 1 aliphatic rings. The van der Waals surface area contributed by atoms with Crippen LogP contribution >= 0.6 is 23.2 Å². The second-order valence-electron chi connectivity index (χ2n) is 6.71. The highest BCUT2D eigenvalue weighted by molar-refractivity contribution is 6.42. The monoisotopic (exact) mass is 327 g/mol. The van der Waals surface area contributed by atoms with Gasteiger partial charge in [-0.25, -0.2) is 0 Å². The summed E-state index contributed by atoms with van der Waals surface area (Å²) in [6.07, 6.45) is 10.3. The van der Waals surface area contributed by atoms with Crippen LogP contribution in [-0.2, 0) is 6.42 Å². The first-order chi connectivity index (χ1) is 10.1. The van der Waals surface area contributed by atoms with Crippen LogP contribution in [0, 0.1) is 11.3 Å². The summed E-state index contributed by atoms with van der Waals surface area (Å²) >= 11 is 12.1. The molecule has 2 N–H and O–H groups in total. The zero-order valence-electron chi connectivity index (χ0n) is 13.0. The van der Waals surface area contributed by atoms with Gasteiger partial charge in [-0.05, 0) is 67.7 Å². The molecule has 118 valence electrons. The highest BCUT2D eigenvalue weighted by atomic mass is 35.5. The minimum Gasteiger partial charge on any atom is -0.330 e. The normalized spacial score (nSPS) is 26.0. The topological polar surface area (TPSA) is 26.0 Å². The lowest BCUT2D eigenvalue weighted by molar-refractivity contribution is 0.150. The predicted molar refractivity (Wildman–Crippen MR) is 93.1 cm³/mol. The highest BCUT2D eigenvalue weighted by Crippen LogP contribution is 2.42. The third kappa shape index (κ3) is 4.61. The molecule has 0 heterocycles. The number of hydrogen-bond donors (Lipinski definition) is 1. The van der Waals surface area contributed by atoms with E-state index in [1.807, 2.05) is 12.1 Å². The summed E-state index contributed by atoms with van der Waals surface area (Å²) in [5.74, 6) is 0.915. The first-order valence-electron chi connectivity index (χ1n) is 8.22. The molecular weight excluding hydrogens is 301 g/mol.